The molecule has 0 aromatic rings. The highest BCUT2D eigenvalue weighted by atomic mass is 16.5. The molecule has 3 heteroatoms. The maximum atomic E-state index is 13.9. The number of ether oxygens (including phenoxy) is 1. The quantitative estimate of drug-likeness (QED) is 0.252. The van der Waals surface area contributed by atoms with Crippen LogP contribution in [0.3, 0.4) is 0 Å². The number of fused-ring (bicyclic) bond motifs is 1. The van der Waals surface area contributed by atoms with Gasteiger partial charge in [-0.15, -0.1) is 0 Å². The minimum Gasteiger partial charge on any atom is -0.462 e. The van der Waals surface area contributed by atoms with Gasteiger partial charge >= 0.3 is 5.97 Å². The second-order valence-electron chi connectivity index (χ2n) is 16.9. The first kappa shape index (κ1) is 34.0. The van der Waals surface area contributed by atoms with Crippen LogP contribution in [0.4, 0.5) is 0 Å². The van der Waals surface area contributed by atoms with Gasteiger partial charge in [0.05, 0.1) is 11.5 Å². The molecule has 5 aliphatic carbocycles. The summed E-state index contributed by atoms with van der Waals surface area (Å²) in [5.41, 5.74) is 4.05. The van der Waals surface area contributed by atoms with Crippen LogP contribution in [-0.4, -0.2) is 22.8 Å². The van der Waals surface area contributed by atoms with E-state index in [0.29, 0.717) is 29.1 Å². The van der Waals surface area contributed by atoms with Gasteiger partial charge in [0.25, 0.3) is 0 Å². The largest absolute Gasteiger partial charge is 0.462 e. The molecule has 0 bridgehead atoms. The van der Waals surface area contributed by atoms with Crippen molar-refractivity contribution in [3.63, 3.8) is 0 Å². The summed E-state index contributed by atoms with van der Waals surface area (Å²) in [5, 5.41) is 10.2. The van der Waals surface area contributed by atoms with E-state index >= 15 is 0 Å². The Morgan fingerprint density at radius 2 is 1.61 bits per heavy atom. The molecule has 1 N–H and O–H groups in total. The maximum Gasteiger partial charge on any atom is 0.309 e. The van der Waals surface area contributed by atoms with Gasteiger partial charge in [0, 0.05) is 6.42 Å². The van der Waals surface area contributed by atoms with Gasteiger partial charge in [0.15, 0.2) is 0 Å². The first-order valence-corrected chi connectivity index (χ1v) is 19.1. The van der Waals surface area contributed by atoms with E-state index in [-0.39, 0.29) is 18.0 Å². The Balaban J connectivity index is 1.23. The van der Waals surface area contributed by atoms with Crippen LogP contribution < -0.4 is 0 Å². The standard InChI is InChI=1S/C41H66O3/c1-29-20-23-35(44-39(42)38(32-15-8-6-9-16-32)33-17-10-7-11-18-33)28-34(29)22-21-31-19-13-27-41(5)36(24-25-37(31)41)30(2)14-12-26-40(3,4)43/h21-22,30,32-33,35-38,43H,1,6-20,23-28H2,2-5H3/t30-,35-,36-,37-,41-/m1/s1. The Morgan fingerprint density at radius 3 is 2.25 bits per heavy atom. The van der Waals surface area contributed by atoms with E-state index in [1.165, 1.54) is 114 Å². The second-order valence-corrected chi connectivity index (χ2v) is 16.9. The van der Waals surface area contributed by atoms with Crippen molar-refractivity contribution in [3.8, 4) is 0 Å². The van der Waals surface area contributed by atoms with Crippen LogP contribution in [0.2, 0.25) is 0 Å². The lowest BCUT2D eigenvalue weighted by molar-refractivity contribution is -0.160. The maximum absolute atomic E-state index is 13.9. The first-order valence-electron chi connectivity index (χ1n) is 19.1. The number of aliphatic hydroxyl groups is 1. The van der Waals surface area contributed by atoms with Gasteiger partial charge < -0.3 is 9.84 Å². The van der Waals surface area contributed by atoms with Gasteiger partial charge in [-0.2, -0.15) is 0 Å². The van der Waals surface area contributed by atoms with Crippen molar-refractivity contribution < 1.29 is 14.6 Å². The summed E-state index contributed by atoms with van der Waals surface area (Å²) in [6, 6.07) is 0. The van der Waals surface area contributed by atoms with Crippen LogP contribution in [0.1, 0.15) is 163 Å². The van der Waals surface area contributed by atoms with Gasteiger partial charge in [0.2, 0.25) is 0 Å². The van der Waals surface area contributed by atoms with Crippen molar-refractivity contribution in [2.45, 2.75) is 174 Å². The molecule has 5 rings (SSSR count). The van der Waals surface area contributed by atoms with Crippen LogP contribution in [0.25, 0.3) is 0 Å². The van der Waals surface area contributed by atoms with Gasteiger partial charge in [-0.25, -0.2) is 0 Å². The van der Waals surface area contributed by atoms with E-state index in [2.05, 4.69) is 32.6 Å². The van der Waals surface area contributed by atoms with Crippen LogP contribution in [-0.2, 0) is 9.53 Å². The molecule has 0 aromatic heterocycles. The van der Waals surface area contributed by atoms with Gasteiger partial charge in [-0.05, 0) is 131 Å². The number of hydrogen-bond acceptors (Lipinski definition) is 3. The molecule has 44 heavy (non-hydrogen) atoms. The molecule has 0 unspecified atom stereocenters. The third-order valence-corrected chi connectivity index (χ3v) is 13.2. The predicted octanol–water partition coefficient (Wildman–Crippen LogP) is 11.1. The van der Waals surface area contributed by atoms with Crippen molar-refractivity contribution in [2.75, 3.05) is 0 Å². The molecule has 0 aromatic carbocycles. The third-order valence-electron chi connectivity index (χ3n) is 13.2. The smallest absolute Gasteiger partial charge is 0.309 e. The highest BCUT2D eigenvalue weighted by molar-refractivity contribution is 5.73. The normalized spacial score (nSPS) is 33.6. The molecule has 3 nitrogen and oxygen atoms in total. The SMILES string of the molecule is C=C1CC[C@@H](OC(=O)C(C2CCCCC2)C2CCCCC2)CC1=CC=C1CCC[C@@]2(C)[C@@H]1CC[C@@H]2[C@H](C)CCCC(C)(C)O. The molecule has 0 spiro atoms. The Kier molecular flexibility index (Phi) is 11.6. The number of carbonyl (C=O) groups is 1. The Labute approximate surface area is 270 Å². The summed E-state index contributed by atoms with van der Waals surface area (Å²) < 4.78 is 6.45. The zero-order valence-corrected chi connectivity index (χ0v) is 29.0. The van der Waals surface area contributed by atoms with E-state index in [0.717, 1.165) is 38.0 Å². The minimum absolute atomic E-state index is 0.00422. The first-order chi connectivity index (χ1) is 21.0. The van der Waals surface area contributed by atoms with E-state index in [1.54, 1.807) is 5.57 Å². The summed E-state index contributed by atoms with van der Waals surface area (Å²) >= 11 is 0. The zero-order chi connectivity index (χ0) is 31.3. The molecule has 5 atom stereocenters. The number of allylic oxidation sites excluding steroid dienone is 4. The Hall–Kier alpha value is -1.35. The van der Waals surface area contributed by atoms with Crippen LogP contribution in [0.5, 0.6) is 0 Å². The minimum atomic E-state index is -0.553. The summed E-state index contributed by atoms with van der Waals surface area (Å²) in [7, 11) is 0. The monoisotopic (exact) mass is 607 g/mol. The van der Waals surface area contributed by atoms with Crippen molar-refractivity contribution in [1.29, 1.82) is 0 Å². The molecule has 0 amide bonds. The average molecular weight is 607 g/mol. The van der Waals surface area contributed by atoms with Crippen molar-refractivity contribution in [3.05, 3.63) is 35.5 Å². The zero-order valence-electron chi connectivity index (χ0n) is 29.0. The third kappa shape index (κ3) is 8.32. The van der Waals surface area contributed by atoms with Crippen LogP contribution in [0.15, 0.2) is 35.5 Å². The van der Waals surface area contributed by atoms with Gasteiger partial charge in [-0.3, -0.25) is 4.79 Å². The lowest BCUT2D eigenvalue weighted by Gasteiger charge is -2.44. The fourth-order valence-electron chi connectivity index (χ4n) is 10.8. The molecular formula is C41H66O3. The lowest BCUT2D eigenvalue weighted by Crippen LogP contribution is -2.37. The molecule has 5 fully saturated rings. The van der Waals surface area contributed by atoms with E-state index in [9.17, 15) is 9.90 Å². The molecule has 5 saturated carbocycles. The highest BCUT2D eigenvalue weighted by Crippen LogP contribution is 2.60. The van der Waals surface area contributed by atoms with Crippen molar-refractivity contribution in [1.82, 2.24) is 0 Å². The molecule has 0 radical (unpaired) electrons. The summed E-state index contributed by atoms with van der Waals surface area (Å²) in [6.45, 7) is 13.4. The summed E-state index contributed by atoms with van der Waals surface area (Å²) in [6.07, 6.45) is 30.0. The number of rotatable bonds is 10. The lowest BCUT2D eigenvalue weighted by atomic mass is 9.60. The number of carbonyl (C=O) groups excluding carboxylic acids is 1. The fourth-order valence-corrected chi connectivity index (χ4v) is 10.8. The molecule has 0 saturated heterocycles. The highest BCUT2D eigenvalue weighted by Gasteiger charge is 2.50. The predicted molar refractivity (Wildman–Crippen MR) is 183 cm³/mol. The van der Waals surface area contributed by atoms with Crippen LogP contribution in [0, 0.1) is 40.9 Å². The second kappa shape index (κ2) is 15.0. The molecule has 5 aliphatic rings. The van der Waals surface area contributed by atoms with E-state index < -0.39 is 5.60 Å². The Bertz CT molecular complexity index is 1010. The molecule has 0 heterocycles. The molecule has 248 valence electrons. The average Bonchev–Trinajstić information content (AvgIpc) is 3.35. The number of esters is 1. The van der Waals surface area contributed by atoms with Gasteiger partial charge in [0.1, 0.15) is 6.10 Å². The summed E-state index contributed by atoms with van der Waals surface area (Å²) in [4.78, 5) is 13.9. The van der Waals surface area contributed by atoms with E-state index in [1.807, 2.05) is 13.8 Å². The topological polar surface area (TPSA) is 46.5 Å². The molecular weight excluding hydrogens is 540 g/mol. The molecule has 0 aliphatic heterocycles. The Morgan fingerprint density at radius 1 is 0.955 bits per heavy atom. The summed E-state index contributed by atoms with van der Waals surface area (Å²) in [5.74, 6) is 3.52. The van der Waals surface area contributed by atoms with Crippen LogP contribution >= 0.6 is 0 Å². The van der Waals surface area contributed by atoms with Crippen molar-refractivity contribution >= 4 is 5.97 Å². The van der Waals surface area contributed by atoms with Gasteiger partial charge in [-0.1, -0.05) is 95.1 Å². The van der Waals surface area contributed by atoms with Crippen molar-refractivity contribution in [2.24, 2.45) is 40.9 Å². The number of hydrogen-bond donors (Lipinski definition) is 1. The fraction of sp³-hybridized carbons (Fsp3) is 0.829. The van der Waals surface area contributed by atoms with E-state index in [4.69, 9.17) is 4.74 Å².